The van der Waals surface area contributed by atoms with Crippen LogP contribution in [0.25, 0.3) is 103 Å². The second-order valence-corrected chi connectivity index (χ2v) is 13.6. The van der Waals surface area contributed by atoms with Gasteiger partial charge >= 0.3 is 0 Å². The quantitative estimate of drug-likeness (QED) is 0.192. The van der Waals surface area contributed by atoms with Crippen molar-refractivity contribution in [1.82, 2.24) is 14.5 Å². The summed E-state index contributed by atoms with van der Waals surface area (Å²) in [5.41, 5.74) is 8.91. The molecule has 4 nitrogen and oxygen atoms in total. The zero-order valence-corrected chi connectivity index (χ0v) is 26.9. The molecular weight excluding hydrogens is 619 g/mol. The maximum Gasteiger partial charge on any atom is 0.161 e. The third kappa shape index (κ3) is 3.79. The third-order valence-electron chi connectivity index (χ3n) is 9.77. The summed E-state index contributed by atoms with van der Waals surface area (Å²) in [6, 6.07) is 53.2. The van der Waals surface area contributed by atoms with Crippen LogP contribution >= 0.6 is 11.3 Å². The van der Waals surface area contributed by atoms with Crippen molar-refractivity contribution in [2.45, 2.75) is 0 Å². The van der Waals surface area contributed by atoms with E-state index in [1.54, 1.807) is 0 Å². The van der Waals surface area contributed by atoms with E-state index in [1.807, 2.05) is 29.5 Å². The summed E-state index contributed by atoms with van der Waals surface area (Å²) in [7, 11) is 0. The fourth-order valence-electron chi connectivity index (χ4n) is 7.69. The summed E-state index contributed by atoms with van der Waals surface area (Å²) in [5.74, 6) is 0.695. The Morgan fingerprint density at radius 3 is 2.14 bits per heavy atom. The molecule has 0 N–H and O–H groups in total. The zero-order valence-electron chi connectivity index (χ0n) is 26.1. The van der Waals surface area contributed by atoms with Crippen molar-refractivity contribution in [1.29, 1.82) is 0 Å². The second-order valence-electron chi connectivity index (χ2n) is 12.5. The maximum absolute atomic E-state index is 6.85. The van der Waals surface area contributed by atoms with E-state index in [0.717, 1.165) is 61.0 Å². The Morgan fingerprint density at radius 2 is 1.24 bits per heavy atom. The molecule has 0 saturated heterocycles. The van der Waals surface area contributed by atoms with Gasteiger partial charge in [0.25, 0.3) is 0 Å². The molecule has 0 amide bonds. The van der Waals surface area contributed by atoms with Gasteiger partial charge in [-0.05, 0) is 36.4 Å². The van der Waals surface area contributed by atoms with Gasteiger partial charge in [-0.3, -0.25) is 0 Å². The predicted octanol–water partition coefficient (Wildman–Crippen LogP) is 12.3. The molecule has 4 heterocycles. The number of furan rings is 1. The average Bonchev–Trinajstić information content (AvgIpc) is 3.84. The first kappa shape index (κ1) is 26.7. The van der Waals surface area contributed by atoms with Gasteiger partial charge in [-0.1, -0.05) is 115 Å². The molecule has 0 unspecified atom stereocenters. The van der Waals surface area contributed by atoms with Crippen LogP contribution in [-0.2, 0) is 0 Å². The molecule has 0 bridgehead atoms. The molecule has 0 aliphatic rings. The van der Waals surface area contributed by atoms with Crippen LogP contribution in [0.1, 0.15) is 0 Å². The normalized spacial score (nSPS) is 12.1. The van der Waals surface area contributed by atoms with Crippen molar-refractivity contribution < 1.29 is 4.42 Å². The molecule has 0 saturated carbocycles. The van der Waals surface area contributed by atoms with Crippen LogP contribution < -0.4 is 0 Å². The van der Waals surface area contributed by atoms with Crippen LogP contribution in [0, 0.1) is 0 Å². The molecule has 7 aromatic carbocycles. The fraction of sp³-hybridized carbons (Fsp3) is 0. The highest BCUT2D eigenvalue weighted by Crippen LogP contribution is 2.50. The molecule has 4 aromatic heterocycles. The Hall–Kier alpha value is -6.30. The first-order valence-corrected chi connectivity index (χ1v) is 17.2. The van der Waals surface area contributed by atoms with Crippen molar-refractivity contribution >= 4 is 86.2 Å². The first-order chi connectivity index (χ1) is 24.3. The molecular formula is C44H25N3OS. The molecule has 228 valence electrons. The number of nitrogens with zero attached hydrogens (tertiary/aromatic N) is 3. The first-order valence-electron chi connectivity index (χ1n) is 16.4. The van der Waals surface area contributed by atoms with Gasteiger partial charge in [0.1, 0.15) is 5.58 Å². The molecule has 0 aliphatic heterocycles. The molecule has 0 spiro atoms. The summed E-state index contributed by atoms with van der Waals surface area (Å²) >= 11 is 1.85. The lowest BCUT2D eigenvalue weighted by Crippen LogP contribution is -1.98. The van der Waals surface area contributed by atoms with Crippen molar-refractivity contribution in [3.8, 4) is 28.3 Å². The van der Waals surface area contributed by atoms with E-state index >= 15 is 0 Å². The lowest BCUT2D eigenvalue weighted by Gasteiger charge is -2.12. The van der Waals surface area contributed by atoms with E-state index in [0.29, 0.717) is 5.82 Å². The van der Waals surface area contributed by atoms with Crippen LogP contribution in [-0.4, -0.2) is 14.5 Å². The molecule has 0 aliphatic carbocycles. The summed E-state index contributed by atoms with van der Waals surface area (Å²) < 4.78 is 11.8. The number of para-hydroxylation sites is 3. The second kappa shape index (κ2) is 10.1. The van der Waals surface area contributed by atoms with Crippen molar-refractivity contribution in [2.24, 2.45) is 0 Å². The van der Waals surface area contributed by atoms with Crippen LogP contribution in [0.15, 0.2) is 156 Å². The Balaban J connectivity index is 1.26. The highest BCUT2D eigenvalue weighted by atomic mass is 32.1. The van der Waals surface area contributed by atoms with Gasteiger partial charge in [-0.2, -0.15) is 0 Å². The van der Waals surface area contributed by atoms with E-state index in [1.165, 1.54) is 36.3 Å². The predicted molar refractivity (Wildman–Crippen MR) is 205 cm³/mol. The number of hydrogen-bond acceptors (Lipinski definition) is 4. The Morgan fingerprint density at radius 1 is 0.531 bits per heavy atom. The molecule has 49 heavy (non-hydrogen) atoms. The van der Waals surface area contributed by atoms with E-state index in [9.17, 15) is 0 Å². The molecule has 11 rings (SSSR count). The monoisotopic (exact) mass is 643 g/mol. The molecule has 0 radical (unpaired) electrons. The lowest BCUT2D eigenvalue weighted by atomic mass is 10.0. The molecule has 0 fully saturated rings. The number of benzene rings is 7. The van der Waals surface area contributed by atoms with Crippen LogP contribution in [0.2, 0.25) is 0 Å². The maximum atomic E-state index is 6.85. The fourth-order valence-corrected chi connectivity index (χ4v) is 8.95. The average molecular weight is 644 g/mol. The Bertz CT molecular complexity index is 3110. The minimum Gasteiger partial charge on any atom is -0.454 e. The molecule has 0 atom stereocenters. The number of aromatic nitrogens is 3. The number of thiophene rings is 1. The third-order valence-corrected chi connectivity index (χ3v) is 11.0. The number of hydrogen-bond donors (Lipinski definition) is 0. The van der Waals surface area contributed by atoms with Crippen molar-refractivity contribution in [3.63, 3.8) is 0 Å². The topological polar surface area (TPSA) is 43.9 Å². The minimum atomic E-state index is 0.695. The SMILES string of the molecule is c1ccc(-c2nc(-c3cccc(-n4c5ccccc5c5c6c7ccccc7sc6c6c7ccccc7oc6c54)c3)nc3ccccc23)cc1. The van der Waals surface area contributed by atoms with E-state index in [4.69, 9.17) is 14.4 Å². The van der Waals surface area contributed by atoms with E-state index < -0.39 is 0 Å². The van der Waals surface area contributed by atoms with Crippen LogP contribution in [0.3, 0.4) is 0 Å². The number of fused-ring (bicyclic) bond motifs is 13. The summed E-state index contributed by atoms with van der Waals surface area (Å²) in [5, 5.41) is 8.32. The Labute approximate surface area is 284 Å². The lowest BCUT2D eigenvalue weighted by molar-refractivity contribution is 0.671. The van der Waals surface area contributed by atoms with Crippen molar-refractivity contribution in [2.75, 3.05) is 0 Å². The van der Waals surface area contributed by atoms with Gasteiger partial charge in [0.15, 0.2) is 11.4 Å². The van der Waals surface area contributed by atoms with Gasteiger partial charge in [-0.25, -0.2) is 9.97 Å². The highest BCUT2D eigenvalue weighted by molar-refractivity contribution is 7.27. The van der Waals surface area contributed by atoms with Gasteiger partial charge < -0.3 is 8.98 Å². The Kier molecular flexibility index (Phi) is 5.51. The molecule has 5 heteroatoms. The van der Waals surface area contributed by atoms with Gasteiger partial charge in [-0.15, -0.1) is 11.3 Å². The molecule has 11 aromatic rings. The van der Waals surface area contributed by atoms with E-state index in [2.05, 4.69) is 138 Å². The van der Waals surface area contributed by atoms with Crippen molar-refractivity contribution in [3.05, 3.63) is 152 Å². The standard InChI is InChI=1S/C44H25N3OS/c1-2-13-26(14-3-1)40-29-17-4-8-21-33(29)45-44(46-40)27-15-12-16-28(25-27)47-34-22-9-5-18-30(34)37-38-32-20-7-11-24-36(32)49-43(38)39-31-19-6-10-23-35(31)48-42(39)41(37)47/h1-25H. The summed E-state index contributed by atoms with van der Waals surface area (Å²) in [4.78, 5) is 10.3. The van der Waals surface area contributed by atoms with Gasteiger partial charge in [0.05, 0.1) is 22.2 Å². The van der Waals surface area contributed by atoms with Crippen LogP contribution in [0.4, 0.5) is 0 Å². The summed E-state index contributed by atoms with van der Waals surface area (Å²) in [6.45, 7) is 0. The van der Waals surface area contributed by atoms with Gasteiger partial charge in [0.2, 0.25) is 0 Å². The highest BCUT2D eigenvalue weighted by Gasteiger charge is 2.25. The minimum absolute atomic E-state index is 0.695. The van der Waals surface area contributed by atoms with Gasteiger partial charge in [0, 0.05) is 63.9 Å². The largest absolute Gasteiger partial charge is 0.454 e. The zero-order chi connectivity index (χ0) is 32.1. The smallest absolute Gasteiger partial charge is 0.161 e. The number of rotatable bonds is 3. The van der Waals surface area contributed by atoms with E-state index in [-0.39, 0.29) is 0 Å². The van der Waals surface area contributed by atoms with Crippen LogP contribution in [0.5, 0.6) is 0 Å². The summed E-state index contributed by atoms with van der Waals surface area (Å²) in [6.07, 6.45) is 0.